The molecule has 0 spiro atoms. The molecule has 0 aliphatic carbocycles. The highest BCUT2D eigenvalue weighted by molar-refractivity contribution is 7.09. The minimum atomic E-state index is -0.526. The number of rotatable bonds is 4. The van der Waals surface area contributed by atoms with Crippen molar-refractivity contribution in [3.63, 3.8) is 0 Å². The summed E-state index contributed by atoms with van der Waals surface area (Å²) in [6.07, 6.45) is 2.93. The molecule has 1 N–H and O–H groups in total. The van der Waals surface area contributed by atoms with Crippen molar-refractivity contribution < 1.29 is 14.3 Å². The Labute approximate surface area is 142 Å². The van der Waals surface area contributed by atoms with Gasteiger partial charge in [0.2, 0.25) is 0 Å². The van der Waals surface area contributed by atoms with E-state index >= 15 is 0 Å². The van der Waals surface area contributed by atoms with E-state index in [1.54, 1.807) is 11.3 Å². The van der Waals surface area contributed by atoms with Crippen LogP contribution < -0.4 is 5.32 Å². The third-order valence-electron chi connectivity index (χ3n) is 4.77. The van der Waals surface area contributed by atoms with Crippen LogP contribution in [0.15, 0.2) is 17.5 Å². The maximum absolute atomic E-state index is 12.5. The lowest BCUT2D eigenvalue weighted by molar-refractivity contribution is -0.189. The fourth-order valence-electron chi connectivity index (χ4n) is 3.44. The fourth-order valence-corrected chi connectivity index (χ4v) is 4.27. The number of likely N-dealkylation sites (tertiary alicyclic amines) is 1. The molecular weight excluding hydrogens is 312 g/mol. The summed E-state index contributed by atoms with van der Waals surface area (Å²) < 4.78 is 11.6. The molecule has 2 atom stereocenters. The molecule has 0 radical (unpaired) electrons. The van der Waals surface area contributed by atoms with Crippen molar-refractivity contribution in [3.8, 4) is 0 Å². The van der Waals surface area contributed by atoms with Crippen molar-refractivity contribution >= 4 is 17.4 Å². The molecule has 6 heteroatoms. The van der Waals surface area contributed by atoms with E-state index in [2.05, 4.69) is 23.7 Å². The summed E-state index contributed by atoms with van der Waals surface area (Å²) in [6, 6.07) is 4.32. The predicted octanol–water partition coefficient (Wildman–Crippen LogP) is 2.86. The lowest BCUT2D eigenvalue weighted by Crippen LogP contribution is -2.52. The summed E-state index contributed by atoms with van der Waals surface area (Å²) >= 11 is 1.73. The molecule has 23 heavy (non-hydrogen) atoms. The van der Waals surface area contributed by atoms with Gasteiger partial charge >= 0.3 is 6.03 Å². The molecule has 2 aliphatic heterocycles. The zero-order valence-corrected chi connectivity index (χ0v) is 14.7. The summed E-state index contributed by atoms with van der Waals surface area (Å²) in [7, 11) is 0. The molecule has 1 aromatic heterocycles. The number of nitrogens with zero attached hydrogens (tertiary/aromatic N) is 1. The van der Waals surface area contributed by atoms with Gasteiger partial charge in [0.05, 0.1) is 13.2 Å². The number of hydrogen-bond acceptors (Lipinski definition) is 4. The molecule has 0 aromatic carbocycles. The van der Waals surface area contributed by atoms with Crippen LogP contribution >= 0.6 is 11.3 Å². The first-order valence-corrected chi connectivity index (χ1v) is 9.30. The summed E-state index contributed by atoms with van der Waals surface area (Å²) in [6.45, 7) is 6.88. The number of amides is 2. The Bertz CT molecular complexity index is 514. The van der Waals surface area contributed by atoms with Gasteiger partial charge in [-0.25, -0.2) is 4.79 Å². The predicted molar refractivity (Wildman–Crippen MR) is 90.6 cm³/mol. The standard InChI is InChI=1S/C17H26N2O3S/c1-13(11-15-6-4-10-23-15)18-16(20)19-7-3-5-14(12-19)17(2)21-8-9-22-17/h4,6,10,13-14H,3,5,7-9,11-12H2,1-2H3,(H,18,20)/t13-,14+/m1/s1. The average Bonchev–Trinajstić information content (AvgIpc) is 3.20. The molecule has 128 valence electrons. The highest BCUT2D eigenvalue weighted by Gasteiger charge is 2.42. The highest BCUT2D eigenvalue weighted by Crippen LogP contribution is 2.34. The average molecular weight is 338 g/mol. The van der Waals surface area contributed by atoms with Gasteiger partial charge in [-0.1, -0.05) is 6.07 Å². The molecule has 5 nitrogen and oxygen atoms in total. The minimum Gasteiger partial charge on any atom is -0.347 e. The zero-order valence-electron chi connectivity index (χ0n) is 13.9. The molecule has 2 fully saturated rings. The molecule has 3 rings (SSSR count). The topological polar surface area (TPSA) is 50.8 Å². The fraction of sp³-hybridized carbons (Fsp3) is 0.706. The molecule has 3 heterocycles. The second-order valence-electron chi connectivity index (χ2n) is 6.63. The Morgan fingerprint density at radius 3 is 3.00 bits per heavy atom. The van der Waals surface area contributed by atoms with Gasteiger partial charge in [-0.05, 0) is 38.1 Å². The van der Waals surface area contributed by atoms with Crippen LogP contribution in [0, 0.1) is 5.92 Å². The first-order valence-electron chi connectivity index (χ1n) is 8.42. The lowest BCUT2D eigenvalue weighted by atomic mass is 9.90. The van der Waals surface area contributed by atoms with E-state index in [1.807, 2.05) is 17.9 Å². The summed E-state index contributed by atoms with van der Waals surface area (Å²) in [4.78, 5) is 15.8. The van der Waals surface area contributed by atoms with Crippen LogP contribution in [0.5, 0.6) is 0 Å². The number of piperidine rings is 1. The third kappa shape index (κ3) is 4.05. The number of urea groups is 1. The lowest BCUT2D eigenvalue weighted by Gasteiger charge is -2.40. The van der Waals surface area contributed by atoms with E-state index < -0.39 is 5.79 Å². The first-order chi connectivity index (χ1) is 11.1. The van der Waals surface area contributed by atoms with E-state index in [1.165, 1.54) is 4.88 Å². The SMILES string of the molecule is C[C@H](Cc1cccs1)NC(=O)N1CCC[C@H](C2(C)OCCO2)C1. The first kappa shape index (κ1) is 16.7. The van der Waals surface area contributed by atoms with Crippen LogP contribution in [0.25, 0.3) is 0 Å². The number of hydrogen-bond donors (Lipinski definition) is 1. The number of ether oxygens (including phenoxy) is 2. The van der Waals surface area contributed by atoms with Gasteiger partial charge in [-0.3, -0.25) is 0 Å². The van der Waals surface area contributed by atoms with Crippen LogP contribution in [0.1, 0.15) is 31.6 Å². The molecule has 2 amide bonds. The van der Waals surface area contributed by atoms with Gasteiger partial charge in [0, 0.05) is 36.3 Å². The number of carbonyl (C=O) groups excluding carboxylic acids is 1. The molecule has 2 saturated heterocycles. The minimum absolute atomic E-state index is 0.0281. The third-order valence-corrected chi connectivity index (χ3v) is 5.67. The van der Waals surface area contributed by atoms with E-state index in [-0.39, 0.29) is 18.0 Å². The van der Waals surface area contributed by atoms with Gasteiger partial charge < -0.3 is 19.7 Å². The van der Waals surface area contributed by atoms with Crippen molar-refractivity contribution in [2.75, 3.05) is 26.3 Å². The van der Waals surface area contributed by atoms with Crippen LogP contribution in [0.2, 0.25) is 0 Å². The van der Waals surface area contributed by atoms with Gasteiger partial charge in [0.1, 0.15) is 0 Å². The van der Waals surface area contributed by atoms with Gasteiger partial charge in [0.25, 0.3) is 0 Å². The van der Waals surface area contributed by atoms with E-state index in [0.717, 1.165) is 25.8 Å². The Balaban J connectivity index is 1.52. The monoisotopic (exact) mass is 338 g/mol. The van der Waals surface area contributed by atoms with Gasteiger partial charge in [-0.15, -0.1) is 11.3 Å². The molecule has 0 saturated carbocycles. The van der Waals surface area contributed by atoms with Crippen molar-refractivity contribution in [3.05, 3.63) is 22.4 Å². The normalized spacial score (nSPS) is 25.3. The second-order valence-corrected chi connectivity index (χ2v) is 7.66. The van der Waals surface area contributed by atoms with Crippen molar-refractivity contribution in [1.29, 1.82) is 0 Å². The number of nitrogens with one attached hydrogen (secondary N) is 1. The highest BCUT2D eigenvalue weighted by atomic mass is 32.1. The molecular formula is C17H26N2O3S. The van der Waals surface area contributed by atoms with Gasteiger partial charge in [0.15, 0.2) is 5.79 Å². The molecule has 0 unspecified atom stereocenters. The van der Waals surface area contributed by atoms with Gasteiger partial charge in [-0.2, -0.15) is 0 Å². The molecule has 0 bridgehead atoms. The summed E-state index contributed by atoms with van der Waals surface area (Å²) in [5.74, 6) is -0.279. The van der Waals surface area contributed by atoms with E-state index in [0.29, 0.717) is 19.8 Å². The van der Waals surface area contributed by atoms with Crippen molar-refractivity contribution in [2.45, 2.75) is 44.9 Å². The summed E-state index contributed by atoms with van der Waals surface area (Å²) in [5.41, 5.74) is 0. The van der Waals surface area contributed by atoms with Crippen LogP contribution in [0.3, 0.4) is 0 Å². The van der Waals surface area contributed by atoms with Crippen LogP contribution in [-0.4, -0.2) is 49.1 Å². The van der Waals surface area contributed by atoms with Crippen LogP contribution in [-0.2, 0) is 15.9 Å². The Hall–Kier alpha value is -1.11. The largest absolute Gasteiger partial charge is 0.347 e. The zero-order chi connectivity index (χ0) is 16.3. The Morgan fingerprint density at radius 1 is 1.52 bits per heavy atom. The molecule has 1 aromatic rings. The van der Waals surface area contributed by atoms with Crippen molar-refractivity contribution in [2.24, 2.45) is 5.92 Å². The van der Waals surface area contributed by atoms with E-state index in [9.17, 15) is 4.79 Å². The van der Waals surface area contributed by atoms with Crippen LogP contribution in [0.4, 0.5) is 4.79 Å². The maximum atomic E-state index is 12.5. The quantitative estimate of drug-likeness (QED) is 0.918. The Morgan fingerprint density at radius 2 is 2.30 bits per heavy atom. The number of thiophene rings is 1. The maximum Gasteiger partial charge on any atom is 0.317 e. The van der Waals surface area contributed by atoms with E-state index in [4.69, 9.17) is 9.47 Å². The Kier molecular flexibility index (Phi) is 5.24. The second kappa shape index (κ2) is 7.20. The smallest absolute Gasteiger partial charge is 0.317 e. The van der Waals surface area contributed by atoms with Crippen molar-refractivity contribution in [1.82, 2.24) is 10.2 Å². The number of carbonyl (C=O) groups is 1. The summed E-state index contributed by atoms with van der Waals surface area (Å²) in [5, 5.41) is 5.19. The molecule has 2 aliphatic rings.